The lowest BCUT2D eigenvalue weighted by Crippen LogP contribution is -2.30. The number of nitro benzene ring substituents is 1. The minimum Gasteiger partial charge on any atom is -0.497 e. The van der Waals surface area contributed by atoms with Crippen LogP contribution in [0.2, 0.25) is 0 Å². The molecule has 0 spiro atoms. The molecule has 0 saturated carbocycles. The van der Waals surface area contributed by atoms with Gasteiger partial charge in [0.25, 0.3) is 5.69 Å². The molecule has 0 radical (unpaired) electrons. The average Bonchev–Trinajstić information content (AvgIpc) is 3.07. The number of anilines is 1. The first-order valence-electron chi connectivity index (χ1n) is 14.9. The van der Waals surface area contributed by atoms with Gasteiger partial charge in [0.2, 0.25) is 10.0 Å². The van der Waals surface area contributed by atoms with E-state index in [0.717, 1.165) is 18.9 Å². The van der Waals surface area contributed by atoms with Crippen LogP contribution in [0.15, 0.2) is 65.6 Å². The van der Waals surface area contributed by atoms with Gasteiger partial charge in [0, 0.05) is 50.3 Å². The summed E-state index contributed by atoms with van der Waals surface area (Å²) in [4.78, 5) is 11.6. The van der Waals surface area contributed by atoms with Crippen molar-refractivity contribution < 1.29 is 37.0 Å². The molecule has 14 heteroatoms. The van der Waals surface area contributed by atoms with Gasteiger partial charge in [-0.1, -0.05) is 40.2 Å². The van der Waals surface area contributed by atoms with Gasteiger partial charge in [-0.25, -0.2) is 8.42 Å². The molecule has 3 aromatic rings. The first-order valence-corrected chi connectivity index (χ1v) is 17.5. The molecule has 1 aliphatic rings. The summed E-state index contributed by atoms with van der Waals surface area (Å²) in [5.74, 6) is 1.58. The van der Waals surface area contributed by atoms with Crippen molar-refractivity contribution >= 4 is 37.3 Å². The van der Waals surface area contributed by atoms with E-state index in [1.165, 1.54) is 10.4 Å². The first-order chi connectivity index (χ1) is 22.2. The Morgan fingerprint density at radius 2 is 1.52 bits per heavy atom. The van der Waals surface area contributed by atoms with Crippen molar-refractivity contribution in [2.45, 2.75) is 30.8 Å². The normalized spacial score (nSPS) is 13.8. The molecule has 12 nitrogen and oxygen atoms in total. The van der Waals surface area contributed by atoms with Gasteiger partial charge in [0.1, 0.15) is 18.1 Å². The Labute approximate surface area is 278 Å². The lowest BCUT2D eigenvalue weighted by molar-refractivity contribution is -0.384. The summed E-state index contributed by atoms with van der Waals surface area (Å²) >= 11 is 3.30. The van der Waals surface area contributed by atoms with Gasteiger partial charge in [-0.3, -0.25) is 10.1 Å². The number of benzene rings is 3. The van der Waals surface area contributed by atoms with Gasteiger partial charge in [-0.05, 0) is 54.2 Å². The van der Waals surface area contributed by atoms with Crippen LogP contribution in [-0.2, 0) is 32.6 Å². The maximum atomic E-state index is 14.4. The Morgan fingerprint density at radius 1 is 0.935 bits per heavy atom. The number of hydrogen-bond donors (Lipinski definition) is 1. The smallest absolute Gasteiger partial charge is 0.297 e. The largest absolute Gasteiger partial charge is 0.497 e. The molecule has 0 atom stereocenters. The highest BCUT2D eigenvalue weighted by Gasteiger charge is 2.31. The molecule has 46 heavy (non-hydrogen) atoms. The van der Waals surface area contributed by atoms with Crippen LogP contribution in [0.25, 0.3) is 0 Å². The van der Waals surface area contributed by atoms with E-state index in [4.69, 9.17) is 23.7 Å². The number of halogens is 1. The molecular formula is C32H40BrN3O9S. The number of alkyl halides is 1. The summed E-state index contributed by atoms with van der Waals surface area (Å²) in [6.07, 6.45) is 1.63. The van der Waals surface area contributed by atoms with Crippen LogP contribution in [0.4, 0.5) is 11.4 Å². The predicted molar refractivity (Wildman–Crippen MR) is 178 cm³/mol. The van der Waals surface area contributed by atoms with Crippen LogP contribution in [0.1, 0.15) is 24.0 Å². The molecule has 3 aromatic carbocycles. The van der Waals surface area contributed by atoms with Crippen molar-refractivity contribution in [3.63, 3.8) is 0 Å². The zero-order valence-electron chi connectivity index (χ0n) is 26.0. The molecule has 0 unspecified atom stereocenters. The van der Waals surface area contributed by atoms with Gasteiger partial charge in [0.05, 0.1) is 37.3 Å². The van der Waals surface area contributed by atoms with E-state index in [0.29, 0.717) is 54.3 Å². The minimum atomic E-state index is -4.29. The van der Waals surface area contributed by atoms with Crippen molar-refractivity contribution in [1.82, 2.24) is 4.31 Å². The maximum Gasteiger partial charge on any atom is 0.297 e. The summed E-state index contributed by atoms with van der Waals surface area (Å²) in [5, 5.41) is 16.3. The fourth-order valence-corrected chi connectivity index (χ4v) is 6.65. The van der Waals surface area contributed by atoms with Gasteiger partial charge < -0.3 is 29.0 Å². The van der Waals surface area contributed by atoms with E-state index in [2.05, 4.69) is 21.2 Å². The second-order valence-electron chi connectivity index (χ2n) is 10.6. The quantitative estimate of drug-likeness (QED) is 0.0761. The van der Waals surface area contributed by atoms with E-state index in [9.17, 15) is 18.5 Å². The second-order valence-corrected chi connectivity index (χ2v) is 13.4. The van der Waals surface area contributed by atoms with Crippen LogP contribution < -0.4 is 19.5 Å². The zero-order chi connectivity index (χ0) is 32.9. The highest BCUT2D eigenvalue weighted by molar-refractivity contribution is 9.09. The van der Waals surface area contributed by atoms with Crippen molar-refractivity contribution in [2.75, 3.05) is 64.4 Å². The van der Waals surface area contributed by atoms with Crippen molar-refractivity contribution in [3.8, 4) is 17.2 Å². The molecule has 0 aromatic heterocycles. The number of nitrogens with zero attached hydrogens (tertiary/aromatic N) is 2. The van der Waals surface area contributed by atoms with Gasteiger partial charge in [0.15, 0.2) is 11.4 Å². The molecule has 250 valence electrons. The Hall–Kier alpha value is -3.43. The molecule has 1 heterocycles. The zero-order valence-corrected chi connectivity index (χ0v) is 28.4. The fourth-order valence-electron chi connectivity index (χ4n) is 4.97. The molecule has 0 amide bonds. The van der Waals surface area contributed by atoms with E-state index < -0.39 is 20.6 Å². The van der Waals surface area contributed by atoms with Crippen LogP contribution in [0, 0.1) is 16.0 Å². The van der Waals surface area contributed by atoms with E-state index in [-0.39, 0.29) is 48.6 Å². The highest BCUT2D eigenvalue weighted by atomic mass is 79.9. The molecule has 1 N–H and O–H groups in total. The molecule has 4 rings (SSSR count). The molecule has 0 aliphatic carbocycles. The van der Waals surface area contributed by atoms with Gasteiger partial charge >= 0.3 is 0 Å². The van der Waals surface area contributed by atoms with Gasteiger partial charge in [-0.15, -0.1) is 0 Å². The van der Waals surface area contributed by atoms with Crippen molar-refractivity contribution in [1.29, 1.82) is 0 Å². The number of nitrogens with one attached hydrogen (secondary N) is 1. The van der Waals surface area contributed by atoms with Crippen LogP contribution in [0.5, 0.6) is 17.2 Å². The monoisotopic (exact) mass is 721 g/mol. The Kier molecular flexibility index (Phi) is 13.5. The van der Waals surface area contributed by atoms with E-state index >= 15 is 0 Å². The number of ether oxygens (including phenoxy) is 5. The number of sulfonamides is 1. The number of methoxy groups -OCH3 is 2. The maximum absolute atomic E-state index is 14.4. The third-order valence-electron chi connectivity index (χ3n) is 7.54. The Bertz CT molecular complexity index is 1470. The molecular weight excluding hydrogens is 682 g/mol. The SMILES string of the molecule is COc1ccc(CN(Cc2ccc(OC)cc2)S(=O)(=O)c2cc(OCCOCCBr)c(NCC3CCOCC3)c([N+](=O)[O-])c2)cc1. The van der Waals surface area contributed by atoms with Crippen molar-refractivity contribution in [3.05, 3.63) is 81.9 Å². The summed E-state index contributed by atoms with van der Waals surface area (Å²) < 4.78 is 57.5. The molecule has 0 bridgehead atoms. The Balaban J connectivity index is 1.73. The average molecular weight is 723 g/mol. The standard InChI is InChI=1S/C32H40BrN3O9S/c1-41-27-7-3-25(4-8-27)22-35(23-26-5-9-28(42-2)10-6-26)46(39,40)29-19-30(36(37)38)32(34-21-24-11-14-43-15-12-24)31(20-29)45-18-17-44-16-13-33/h3-10,19-20,24,34H,11-18,21-23H2,1-2H3. The Morgan fingerprint density at radius 3 is 2.04 bits per heavy atom. The first kappa shape index (κ1) is 35.4. The second kappa shape index (κ2) is 17.5. The highest BCUT2D eigenvalue weighted by Crippen LogP contribution is 2.39. The van der Waals surface area contributed by atoms with Crippen LogP contribution in [-0.4, -0.2) is 76.8 Å². The van der Waals surface area contributed by atoms with E-state index in [1.807, 2.05) is 0 Å². The molecule has 1 aliphatic heterocycles. The molecule has 1 fully saturated rings. The lowest BCUT2D eigenvalue weighted by Gasteiger charge is -2.25. The number of rotatable bonds is 18. The fraction of sp³-hybridized carbons (Fsp3) is 0.438. The summed E-state index contributed by atoms with van der Waals surface area (Å²) in [6.45, 7) is 2.46. The van der Waals surface area contributed by atoms with Crippen molar-refractivity contribution in [2.24, 2.45) is 5.92 Å². The third kappa shape index (κ3) is 9.79. The van der Waals surface area contributed by atoms with Gasteiger partial charge in [-0.2, -0.15) is 4.31 Å². The molecule has 1 saturated heterocycles. The number of nitro groups is 1. The minimum absolute atomic E-state index is 0.00643. The van der Waals surface area contributed by atoms with Crippen LogP contribution >= 0.6 is 15.9 Å². The predicted octanol–water partition coefficient (Wildman–Crippen LogP) is 5.63. The number of hydrogen-bond acceptors (Lipinski definition) is 10. The van der Waals surface area contributed by atoms with Crippen LogP contribution in [0.3, 0.4) is 0 Å². The summed E-state index contributed by atoms with van der Waals surface area (Å²) in [7, 11) is -1.19. The summed E-state index contributed by atoms with van der Waals surface area (Å²) in [6, 6.07) is 16.6. The van der Waals surface area contributed by atoms with E-state index in [1.54, 1.807) is 62.8 Å². The summed E-state index contributed by atoms with van der Waals surface area (Å²) in [5.41, 5.74) is 1.16. The lowest BCUT2D eigenvalue weighted by atomic mass is 10.0. The third-order valence-corrected chi connectivity index (χ3v) is 9.63. The topological polar surface area (TPSA) is 139 Å².